The molecule has 0 spiro atoms. The highest BCUT2D eigenvalue weighted by Gasteiger charge is 2.50. The van der Waals surface area contributed by atoms with E-state index in [4.69, 9.17) is 8.85 Å². The third-order valence-corrected chi connectivity index (χ3v) is 18.6. The van der Waals surface area contributed by atoms with Crippen LogP contribution >= 0.6 is 0 Å². The molecule has 2 rings (SSSR count). The van der Waals surface area contributed by atoms with E-state index in [1.165, 1.54) is 10.4 Å². The minimum Gasteiger partial charge on any atom is -0.413 e. The molecular weight excluding hydrogens is 529 g/mol. The molecule has 5 atom stereocenters. The maximum atomic E-state index is 11.3. The van der Waals surface area contributed by atoms with Gasteiger partial charge in [0.1, 0.15) is 0 Å². The van der Waals surface area contributed by atoms with Crippen LogP contribution in [0.15, 0.2) is 60.7 Å². The van der Waals surface area contributed by atoms with Crippen molar-refractivity contribution in [3.8, 4) is 0 Å². The fourth-order valence-electron chi connectivity index (χ4n) is 5.41. The summed E-state index contributed by atoms with van der Waals surface area (Å²) in [6, 6.07) is 21.5. The number of hydrogen-bond donors (Lipinski definition) is 2. The zero-order chi connectivity index (χ0) is 30.4. The SMILES string of the molecule is C[C@@H](CC[C@@H](O)[C@H](C)[C@@H](O[Si](C)(C)C(C)(C)C)[C@@H](C)CO)CO[Si](c1ccccc1)(c1ccccc1)C(C)(C)C. The minimum atomic E-state index is -2.58. The zero-order valence-electron chi connectivity index (χ0n) is 27.2. The molecule has 226 valence electrons. The predicted octanol–water partition coefficient (Wildman–Crippen LogP) is 7.00. The Hall–Kier alpha value is -1.29. The van der Waals surface area contributed by atoms with Crippen LogP contribution in [-0.4, -0.2) is 52.3 Å². The molecule has 0 aliphatic heterocycles. The van der Waals surface area contributed by atoms with Gasteiger partial charge in [-0.2, -0.15) is 0 Å². The lowest BCUT2D eigenvalue weighted by atomic mass is 9.87. The molecule has 0 heterocycles. The lowest BCUT2D eigenvalue weighted by Crippen LogP contribution is -2.66. The van der Waals surface area contributed by atoms with Gasteiger partial charge in [-0.15, -0.1) is 0 Å². The fourth-order valence-corrected chi connectivity index (χ4v) is 11.6. The maximum Gasteiger partial charge on any atom is 0.261 e. The van der Waals surface area contributed by atoms with Gasteiger partial charge >= 0.3 is 0 Å². The molecule has 0 saturated heterocycles. The van der Waals surface area contributed by atoms with Crippen molar-refractivity contribution < 1.29 is 19.1 Å². The summed E-state index contributed by atoms with van der Waals surface area (Å²) in [5.41, 5.74) is 0. The van der Waals surface area contributed by atoms with Crippen molar-refractivity contribution in [1.82, 2.24) is 0 Å². The first-order chi connectivity index (χ1) is 18.5. The summed E-state index contributed by atoms with van der Waals surface area (Å²) in [7, 11) is -4.63. The normalized spacial score (nSPS) is 17.2. The van der Waals surface area contributed by atoms with Crippen LogP contribution in [0.5, 0.6) is 0 Å². The predicted molar refractivity (Wildman–Crippen MR) is 175 cm³/mol. The summed E-state index contributed by atoms with van der Waals surface area (Å²) >= 11 is 0. The number of rotatable bonds is 14. The van der Waals surface area contributed by atoms with Crippen LogP contribution in [0.25, 0.3) is 0 Å². The van der Waals surface area contributed by atoms with Gasteiger partial charge in [-0.05, 0) is 52.3 Å². The quantitative estimate of drug-likeness (QED) is 0.234. The molecular formula is C34H58O4Si2. The molecule has 0 saturated carbocycles. The second kappa shape index (κ2) is 14.3. The van der Waals surface area contributed by atoms with Crippen LogP contribution in [0, 0.1) is 17.8 Å². The first-order valence-electron chi connectivity index (χ1n) is 15.2. The average Bonchev–Trinajstić information content (AvgIpc) is 2.89. The van der Waals surface area contributed by atoms with Crippen molar-refractivity contribution >= 4 is 27.0 Å². The minimum absolute atomic E-state index is 0.0327. The zero-order valence-corrected chi connectivity index (χ0v) is 29.2. The highest BCUT2D eigenvalue weighted by molar-refractivity contribution is 6.99. The Morgan fingerprint density at radius 1 is 0.750 bits per heavy atom. The molecule has 0 aliphatic rings. The Morgan fingerprint density at radius 3 is 1.62 bits per heavy atom. The van der Waals surface area contributed by atoms with E-state index in [9.17, 15) is 10.2 Å². The van der Waals surface area contributed by atoms with Gasteiger partial charge in [0.2, 0.25) is 0 Å². The van der Waals surface area contributed by atoms with Crippen LogP contribution in [0.4, 0.5) is 0 Å². The Balaban J connectivity index is 2.18. The largest absolute Gasteiger partial charge is 0.413 e. The van der Waals surface area contributed by atoms with E-state index in [1.807, 2.05) is 6.92 Å². The van der Waals surface area contributed by atoms with Crippen LogP contribution in [0.2, 0.25) is 23.2 Å². The number of aliphatic hydroxyl groups excluding tert-OH is 2. The van der Waals surface area contributed by atoms with Gasteiger partial charge in [-0.25, -0.2) is 0 Å². The van der Waals surface area contributed by atoms with Crippen LogP contribution in [0.1, 0.15) is 75.2 Å². The molecule has 40 heavy (non-hydrogen) atoms. The lowest BCUT2D eigenvalue weighted by molar-refractivity contribution is -0.0169. The van der Waals surface area contributed by atoms with Gasteiger partial charge in [-0.3, -0.25) is 0 Å². The van der Waals surface area contributed by atoms with E-state index in [-0.39, 0.29) is 34.6 Å². The second-order valence-electron chi connectivity index (χ2n) is 14.6. The molecule has 0 fully saturated rings. The monoisotopic (exact) mass is 586 g/mol. The second-order valence-corrected chi connectivity index (χ2v) is 23.6. The Labute approximate surface area is 247 Å². The van der Waals surface area contributed by atoms with Crippen molar-refractivity contribution in [3.05, 3.63) is 60.7 Å². The highest BCUT2D eigenvalue weighted by Crippen LogP contribution is 2.40. The summed E-state index contributed by atoms with van der Waals surface area (Å²) in [5, 5.41) is 23.9. The molecule has 0 bridgehead atoms. The molecule has 0 aromatic heterocycles. The molecule has 0 unspecified atom stereocenters. The summed E-state index contributed by atoms with van der Waals surface area (Å²) in [4.78, 5) is 0. The molecule has 2 aromatic rings. The van der Waals surface area contributed by atoms with Crippen LogP contribution in [0.3, 0.4) is 0 Å². The van der Waals surface area contributed by atoms with Crippen LogP contribution < -0.4 is 10.4 Å². The third-order valence-electron chi connectivity index (χ3n) is 9.17. The summed E-state index contributed by atoms with van der Waals surface area (Å²) in [6.45, 7) is 25.1. The highest BCUT2D eigenvalue weighted by atomic mass is 28.4. The van der Waals surface area contributed by atoms with Crippen molar-refractivity contribution in [1.29, 1.82) is 0 Å². The van der Waals surface area contributed by atoms with Gasteiger partial charge in [0.15, 0.2) is 8.32 Å². The number of benzene rings is 2. The van der Waals surface area contributed by atoms with Gasteiger partial charge in [-0.1, -0.05) is 123 Å². The van der Waals surface area contributed by atoms with Gasteiger partial charge in [0, 0.05) is 25.0 Å². The first-order valence-corrected chi connectivity index (χ1v) is 20.0. The Bertz CT molecular complexity index is 959. The van der Waals surface area contributed by atoms with Crippen molar-refractivity contribution in [2.45, 2.75) is 111 Å². The van der Waals surface area contributed by atoms with E-state index in [0.717, 1.165) is 6.42 Å². The molecule has 2 aromatic carbocycles. The maximum absolute atomic E-state index is 11.3. The summed E-state index contributed by atoms with van der Waals surface area (Å²) in [5.74, 6) is 0.189. The number of hydrogen-bond acceptors (Lipinski definition) is 4. The lowest BCUT2D eigenvalue weighted by Gasteiger charge is -2.44. The van der Waals surface area contributed by atoms with Crippen molar-refractivity contribution in [3.63, 3.8) is 0 Å². The molecule has 0 aliphatic carbocycles. The van der Waals surface area contributed by atoms with Crippen LogP contribution in [-0.2, 0) is 8.85 Å². The van der Waals surface area contributed by atoms with E-state index < -0.39 is 22.7 Å². The molecule has 4 nitrogen and oxygen atoms in total. The number of aliphatic hydroxyl groups is 2. The van der Waals surface area contributed by atoms with E-state index in [1.54, 1.807) is 0 Å². The van der Waals surface area contributed by atoms with E-state index in [2.05, 4.69) is 129 Å². The molecule has 6 heteroatoms. The van der Waals surface area contributed by atoms with Crippen molar-refractivity contribution in [2.75, 3.05) is 13.2 Å². The van der Waals surface area contributed by atoms with Crippen molar-refractivity contribution in [2.24, 2.45) is 17.8 Å². The first kappa shape index (κ1) is 34.9. The Morgan fingerprint density at radius 2 is 1.23 bits per heavy atom. The summed E-state index contributed by atoms with van der Waals surface area (Å²) in [6.07, 6.45) is 0.870. The molecule has 0 amide bonds. The molecule has 2 N–H and O–H groups in total. The smallest absolute Gasteiger partial charge is 0.261 e. The van der Waals surface area contributed by atoms with E-state index >= 15 is 0 Å². The molecule has 0 radical (unpaired) electrons. The van der Waals surface area contributed by atoms with E-state index in [0.29, 0.717) is 18.9 Å². The average molecular weight is 587 g/mol. The van der Waals surface area contributed by atoms with Gasteiger partial charge in [0.25, 0.3) is 8.32 Å². The standard InChI is InChI=1S/C34H58O4Si2/c1-26(22-23-31(36)28(3)32(27(2)24-35)38-39(10,11)33(4,5)6)25-37-40(34(7,8)9,29-18-14-12-15-19-29)30-20-16-13-17-21-30/h12-21,26-28,31-32,35-36H,22-25H2,1-11H3/t26-,27-,28-,31+,32-/m0/s1. The fraction of sp³-hybridized carbons (Fsp3) is 0.647. The van der Waals surface area contributed by atoms with Gasteiger partial charge in [0.05, 0.1) is 12.2 Å². The van der Waals surface area contributed by atoms with Gasteiger partial charge < -0.3 is 19.1 Å². The third kappa shape index (κ3) is 8.39. The Kier molecular flexibility index (Phi) is 12.4. The summed E-state index contributed by atoms with van der Waals surface area (Å²) < 4.78 is 13.9. The topological polar surface area (TPSA) is 58.9 Å².